The van der Waals surface area contributed by atoms with E-state index in [0.29, 0.717) is 38.3 Å². The van der Waals surface area contributed by atoms with E-state index in [9.17, 15) is 14.4 Å². The van der Waals surface area contributed by atoms with Crippen molar-refractivity contribution in [3.05, 3.63) is 0 Å². The molecule has 0 aromatic rings. The third-order valence-electron chi connectivity index (χ3n) is 3.99. The lowest BCUT2D eigenvalue weighted by Gasteiger charge is -2.38. The fourth-order valence-electron chi connectivity index (χ4n) is 2.83. The highest BCUT2D eigenvalue weighted by molar-refractivity contribution is 6.07. The third kappa shape index (κ3) is 2.77. The summed E-state index contributed by atoms with van der Waals surface area (Å²) >= 11 is 0. The van der Waals surface area contributed by atoms with Crippen molar-refractivity contribution in [3.63, 3.8) is 0 Å². The number of piperidine rings is 1. The van der Waals surface area contributed by atoms with Crippen LogP contribution < -0.4 is 16.4 Å². The first-order valence-electron chi connectivity index (χ1n) is 7.02. The normalized spacial score (nSPS) is 22.9. The number of rotatable bonds is 3. The van der Waals surface area contributed by atoms with Crippen molar-refractivity contribution in [1.82, 2.24) is 15.5 Å². The third-order valence-corrected chi connectivity index (χ3v) is 3.99. The van der Waals surface area contributed by atoms with Crippen molar-refractivity contribution in [2.75, 3.05) is 13.1 Å². The lowest BCUT2D eigenvalue weighted by molar-refractivity contribution is -0.137. The monoisotopic (exact) mass is 282 g/mol. The van der Waals surface area contributed by atoms with Gasteiger partial charge >= 0.3 is 6.03 Å². The first-order valence-corrected chi connectivity index (χ1v) is 7.02. The van der Waals surface area contributed by atoms with E-state index >= 15 is 0 Å². The molecule has 20 heavy (non-hydrogen) atoms. The van der Waals surface area contributed by atoms with E-state index in [1.165, 1.54) is 0 Å². The fraction of sp³-hybridized carbons (Fsp3) is 0.769. The average molecular weight is 282 g/mol. The molecule has 0 radical (unpaired) electrons. The summed E-state index contributed by atoms with van der Waals surface area (Å²) in [5.41, 5.74) is 5.07. The zero-order valence-electron chi connectivity index (χ0n) is 11.9. The molecule has 0 saturated carbocycles. The standard InChI is InChI=1S/C13H22N4O3/c1-8(2)7-9(14)10(18)17-5-3-13(4-6-17)11(19)15-12(20)16-13/h8-9H,3-7,14H2,1-2H3,(H2,15,16,19,20)/t9-/m0/s1. The minimum absolute atomic E-state index is 0.0710. The number of nitrogens with two attached hydrogens (primary N) is 1. The molecule has 2 aliphatic rings. The number of hydrogen-bond donors (Lipinski definition) is 3. The van der Waals surface area contributed by atoms with Crippen LogP contribution in [0.4, 0.5) is 4.79 Å². The van der Waals surface area contributed by atoms with Gasteiger partial charge in [0, 0.05) is 13.1 Å². The minimum atomic E-state index is -0.837. The van der Waals surface area contributed by atoms with Crippen LogP contribution in [0.25, 0.3) is 0 Å². The van der Waals surface area contributed by atoms with Crippen LogP contribution in [0, 0.1) is 5.92 Å². The van der Waals surface area contributed by atoms with Gasteiger partial charge in [-0.2, -0.15) is 0 Å². The van der Waals surface area contributed by atoms with Gasteiger partial charge in [0.2, 0.25) is 5.91 Å². The number of carbonyl (C=O) groups is 3. The van der Waals surface area contributed by atoms with Crippen LogP contribution in [-0.4, -0.2) is 47.4 Å². The maximum absolute atomic E-state index is 12.2. The summed E-state index contributed by atoms with van der Waals surface area (Å²) in [4.78, 5) is 36.9. The van der Waals surface area contributed by atoms with E-state index in [0.717, 1.165) is 0 Å². The van der Waals surface area contributed by atoms with E-state index < -0.39 is 17.6 Å². The molecule has 0 unspecified atom stereocenters. The highest BCUT2D eigenvalue weighted by atomic mass is 16.2. The van der Waals surface area contributed by atoms with Gasteiger partial charge in [0.15, 0.2) is 0 Å². The molecule has 2 heterocycles. The number of nitrogens with one attached hydrogen (secondary N) is 2. The Kier molecular flexibility index (Phi) is 3.99. The first-order chi connectivity index (χ1) is 9.34. The summed E-state index contributed by atoms with van der Waals surface area (Å²) in [6.07, 6.45) is 1.52. The van der Waals surface area contributed by atoms with Gasteiger partial charge in [0.25, 0.3) is 5.91 Å². The molecule has 1 spiro atoms. The average Bonchev–Trinajstić information content (AvgIpc) is 2.63. The largest absolute Gasteiger partial charge is 0.341 e. The highest BCUT2D eigenvalue weighted by Crippen LogP contribution is 2.26. The van der Waals surface area contributed by atoms with Gasteiger partial charge < -0.3 is 16.0 Å². The van der Waals surface area contributed by atoms with E-state index in [4.69, 9.17) is 5.73 Å². The van der Waals surface area contributed by atoms with Crippen LogP contribution in [0.3, 0.4) is 0 Å². The lowest BCUT2D eigenvalue weighted by Crippen LogP contribution is -2.57. The molecule has 4 amide bonds. The van der Waals surface area contributed by atoms with Gasteiger partial charge in [-0.05, 0) is 25.2 Å². The number of carbonyl (C=O) groups excluding carboxylic acids is 3. The molecule has 2 fully saturated rings. The van der Waals surface area contributed by atoms with Gasteiger partial charge in [-0.1, -0.05) is 13.8 Å². The number of nitrogens with zero attached hydrogens (tertiary/aromatic N) is 1. The van der Waals surface area contributed by atoms with Crippen molar-refractivity contribution >= 4 is 17.8 Å². The van der Waals surface area contributed by atoms with Crippen molar-refractivity contribution in [2.24, 2.45) is 11.7 Å². The van der Waals surface area contributed by atoms with Crippen molar-refractivity contribution < 1.29 is 14.4 Å². The minimum Gasteiger partial charge on any atom is -0.341 e. The predicted molar refractivity (Wildman–Crippen MR) is 72.6 cm³/mol. The molecule has 0 bridgehead atoms. The summed E-state index contributed by atoms with van der Waals surface area (Å²) in [5.74, 6) is 0.00402. The molecule has 0 aromatic carbocycles. The molecule has 112 valence electrons. The predicted octanol–water partition coefficient (Wildman–Crippen LogP) is -0.440. The van der Waals surface area contributed by atoms with Crippen molar-refractivity contribution in [1.29, 1.82) is 0 Å². The van der Waals surface area contributed by atoms with Crippen LogP contribution in [0.1, 0.15) is 33.1 Å². The molecule has 0 aromatic heterocycles. The van der Waals surface area contributed by atoms with Gasteiger partial charge in [0.1, 0.15) is 5.54 Å². The Morgan fingerprint density at radius 1 is 1.35 bits per heavy atom. The SMILES string of the molecule is CC(C)C[C@H](N)C(=O)N1CCC2(CC1)NC(=O)NC2=O. The van der Waals surface area contributed by atoms with Crippen LogP contribution >= 0.6 is 0 Å². The Morgan fingerprint density at radius 3 is 2.40 bits per heavy atom. The second-order valence-electron chi connectivity index (χ2n) is 6.05. The number of likely N-dealkylation sites (tertiary alicyclic amines) is 1. The molecule has 2 saturated heterocycles. The Bertz CT molecular complexity index is 427. The van der Waals surface area contributed by atoms with E-state index in [2.05, 4.69) is 10.6 Å². The van der Waals surface area contributed by atoms with E-state index in [-0.39, 0.29) is 11.8 Å². The van der Waals surface area contributed by atoms with Crippen molar-refractivity contribution in [2.45, 2.75) is 44.7 Å². The van der Waals surface area contributed by atoms with Crippen LogP contribution in [-0.2, 0) is 9.59 Å². The Hall–Kier alpha value is -1.63. The topological polar surface area (TPSA) is 105 Å². The summed E-state index contributed by atoms with van der Waals surface area (Å²) < 4.78 is 0. The quantitative estimate of drug-likeness (QED) is 0.610. The van der Waals surface area contributed by atoms with E-state index in [1.807, 2.05) is 13.8 Å². The molecular weight excluding hydrogens is 260 g/mol. The van der Waals surface area contributed by atoms with Gasteiger partial charge in [-0.25, -0.2) is 4.79 Å². The Labute approximate surface area is 118 Å². The molecule has 7 nitrogen and oxygen atoms in total. The van der Waals surface area contributed by atoms with Gasteiger partial charge in [-0.15, -0.1) is 0 Å². The molecule has 0 aliphatic carbocycles. The summed E-state index contributed by atoms with van der Waals surface area (Å²) in [5, 5.41) is 4.92. The molecule has 2 aliphatic heterocycles. The lowest BCUT2D eigenvalue weighted by atomic mass is 9.87. The summed E-state index contributed by atoms with van der Waals surface area (Å²) in [7, 11) is 0. The Morgan fingerprint density at radius 2 is 1.95 bits per heavy atom. The zero-order valence-corrected chi connectivity index (χ0v) is 11.9. The molecule has 2 rings (SSSR count). The van der Waals surface area contributed by atoms with Crippen LogP contribution in [0.5, 0.6) is 0 Å². The fourth-order valence-corrected chi connectivity index (χ4v) is 2.83. The van der Waals surface area contributed by atoms with E-state index in [1.54, 1.807) is 4.90 Å². The smallest absolute Gasteiger partial charge is 0.322 e. The second kappa shape index (κ2) is 5.40. The molecule has 1 atom stereocenters. The number of amides is 4. The van der Waals surface area contributed by atoms with Crippen molar-refractivity contribution in [3.8, 4) is 0 Å². The summed E-state index contributed by atoms with van der Waals surface area (Å²) in [6, 6.07) is -0.942. The highest BCUT2D eigenvalue weighted by Gasteiger charge is 2.48. The summed E-state index contributed by atoms with van der Waals surface area (Å²) in [6.45, 7) is 4.93. The van der Waals surface area contributed by atoms with Gasteiger partial charge in [-0.3, -0.25) is 14.9 Å². The molecule has 7 heteroatoms. The number of urea groups is 1. The van der Waals surface area contributed by atoms with Gasteiger partial charge in [0.05, 0.1) is 6.04 Å². The maximum atomic E-state index is 12.2. The number of imide groups is 1. The second-order valence-corrected chi connectivity index (χ2v) is 6.05. The first kappa shape index (κ1) is 14.8. The molecule has 4 N–H and O–H groups in total. The van der Waals surface area contributed by atoms with Crippen LogP contribution in [0.15, 0.2) is 0 Å². The maximum Gasteiger partial charge on any atom is 0.322 e. The zero-order chi connectivity index (χ0) is 14.9. The number of hydrogen-bond acceptors (Lipinski definition) is 4. The van der Waals surface area contributed by atoms with Crippen LogP contribution in [0.2, 0.25) is 0 Å². The molecular formula is C13H22N4O3. The Balaban J connectivity index is 1.93.